The highest BCUT2D eigenvalue weighted by Crippen LogP contribution is 2.20. The zero-order valence-corrected chi connectivity index (χ0v) is 7.15. The Morgan fingerprint density at radius 2 is 2.33 bits per heavy atom. The Kier molecular flexibility index (Phi) is 2.27. The topological polar surface area (TPSA) is 17.1 Å². The smallest absolute Gasteiger partial charge is 0.157 e. The minimum absolute atomic E-state index is 0.731. The minimum atomic E-state index is -1.32. The molecule has 9 heavy (non-hydrogen) atoms. The maximum atomic E-state index is 10.5. The second kappa shape index (κ2) is 2.82. The molecule has 1 atom stereocenters. The third-order valence-electron chi connectivity index (χ3n) is 0.874. The van der Waals surface area contributed by atoms with Crippen LogP contribution in [0.5, 0.6) is 0 Å². The van der Waals surface area contributed by atoms with Crippen LogP contribution in [0, 0.1) is 6.92 Å². The first-order chi connectivity index (χ1) is 4.20. The molecule has 1 rings (SSSR count). The van der Waals surface area contributed by atoms with Gasteiger partial charge in [-0.3, -0.25) is 0 Å². The van der Waals surface area contributed by atoms with E-state index in [4.69, 9.17) is 10.7 Å². The number of hydrogen-bond donors (Lipinski definition) is 0. The van der Waals surface area contributed by atoms with Gasteiger partial charge in [0.05, 0.1) is 0 Å². The molecule has 0 radical (unpaired) electrons. The quantitative estimate of drug-likeness (QED) is 0.607. The third kappa shape index (κ3) is 1.78. The van der Waals surface area contributed by atoms with E-state index in [0.29, 0.717) is 0 Å². The summed E-state index contributed by atoms with van der Waals surface area (Å²) < 4.78 is 11.3. The summed E-state index contributed by atoms with van der Waals surface area (Å²) in [7, 11) is 3.98. The van der Waals surface area contributed by atoms with Crippen LogP contribution in [0.1, 0.15) is 4.88 Å². The molecule has 1 aromatic rings. The van der Waals surface area contributed by atoms with Gasteiger partial charge in [-0.15, -0.1) is 11.3 Å². The Hall–Kier alpha value is 0.140. The van der Waals surface area contributed by atoms with Crippen LogP contribution in [-0.2, 0) is 10.0 Å². The number of aryl methyl sites for hydroxylation is 1. The van der Waals surface area contributed by atoms with Crippen LogP contribution in [0.2, 0.25) is 0 Å². The van der Waals surface area contributed by atoms with Gasteiger partial charge in [0.1, 0.15) is 4.21 Å². The molecule has 0 N–H and O–H groups in total. The van der Waals surface area contributed by atoms with Gasteiger partial charge in [0, 0.05) is 4.88 Å². The van der Waals surface area contributed by atoms with Crippen molar-refractivity contribution in [1.82, 2.24) is 0 Å². The van der Waals surface area contributed by atoms with Crippen LogP contribution >= 0.6 is 22.0 Å². The normalized spacial score (nSPS) is 13.6. The van der Waals surface area contributed by atoms with E-state index in [9.17, 15) is 4.21 Å². The Labute approximate surface area is 64.6 Å². The molecular formula is C5H5ClOS2. The van der Waals surface area contributed by atoms with Crippen LogP contribution in [0.4, 0.5) is 0 Å². The van der Waals surface area contributed by atoms with Crippen molar-refractivity contribution in [2.75, 3.05) is 0 Å². The Morgan fingerprint density at radius 3 is 2.56 bits per heavy atom. The average Bonchev–Trinajstić information content (AvgIpc) is 2.14. The standard InChI is InChI=1S/C5H5ClOS2/c1-4-2-3-5(8-4)9(6)7/h2-3H,1H3. The Balaban J connectivity index is 2.98. The molecule has 0 aliphatic rings. The van der Waals surface area contributed by atoms with E-state index in [2.05, 4.69) is 0 Å². The maximum absolute atomic E-state index is 10.5. The number of halogens is 1. The summed E-state index contributed by atoms with van der Waals surface area (Å²) in [6.07, 6.45) is 0. The van der Waals surface area contributed by atoms with Crippen LogP contribution < -0.4 is 0 Å². The van der Waals surface area contributed by atoms with Crippen LogP contribution in [0.25, 0.3) is 0 Å². The van der Waals surface area contributed by atoms with E-state index in [-0.39, 0.29) is 0 Å². The maximum Gasteiger partial charge on any atom is 0.157 e. The lowest BCUT2D eigenvalue weighted by Gasteiger charge is -1.79. The van der Waals surface area contributed by atoms with E-state index in [0.717, 1.165) is 9.09 Å². The molecule has 0 saturated heterocycles. The third-order valence-corrected chi connectivity index (χ3v) is 3.60. The summed E-state index contributed by atoms with van der Waals surface area (Å²) in [6.45, 7) is 1.96. The molecule has 1 aromatic heterocycles. The first-order valence-corrected chi connectivity index (χ1v) is 5.14. The highest BCUT2D eigenvalue weighted by atomic mass is 35.7. The zero-order chi connectivity index (χ0) is 6.85. The van der Waals surface area contributed by atoms with E-state index in [1.807, 2.05) is 13.0 Å². The second-order valence-corrected chi connectivity index (χ2v) is 4.86. The number of hydrogen-bond acceptors (Lipinski definition) is 2. The molecule has 0 aliphatic heterocycles. The summed E-state index contributed by atoms with van der Waals surface area (Å²) in [4.78, 5) is 1.14. The summed E-state index contributed by atoms with van der Waals surface area (Å²) in [5.41, 5.74) is 0. The average molecular weight is 181 g/mol. The summed E-state index contributed by atoms with van der Waals surface area (Å²) >= 11 is 1.46. The van der Waals surface area contributed by atoms with Gasteiger partial charge < -0.3 is 0 Å². The lowest BCUT2D eigenvalue weighted by molar-refractivity contribution is 0.692. The molecule has 50 valence electrons. The monoisotopic (exact) mass is 180 g/mol. The van der Waals surface area contributed by atoms with Crippen molar-refractivity contribution in [2.45, 2.75) is 11.1 Å². The molecule has 4 heteroatoms. The van der Waals surface area contributed by atoms with Gasteiger partial charge in [0.2, 0.25) is 0 Å². The Bertz CT molecular complexity index is 231. The fourth-order valence-corrected chi connectivity index (χ4v) is 2.36. The van der Waals surface area contributed by atoms with Crippen molar-refractivity contribution in [3.63, 3.8) is 0 Å². The lowest BCUT2D eigenvalue weighted by Crippen LogP contribution is -1.68. The van der Waals surface area contributed by atoms with Crippen LogP contribution in [0.15, 0.2) is 16.3 Å². The molecule has 1 unspecified atom stereocenters. The van der Waals surface area contributed by atoms with Crippen molar-refractivity contribution in [3.05, 3.63) is 17.0 Å². The van der Waals surface area contributed by atoms with Crippen molar-refractivity contribution in [3.8, 4) is 0 Å². The molecule has 0 spiro atoms. The number of thiophene rings is 1. The largest absolute Gasteiger partial charge is 0.236 e. The molecule has 0 aliphatic carbocycles. The van der Waals surface area contributed by atoms with Gasteiger partial charge in [-0.05, 0) is 29.7 Å². The van der Waals surface area contributed by atoms with Gasteiger partial charge in [-0.2, -0.15) is 0 Å². The predicted octanol–water partition coefficient (Wildman–Crippen LogP) is 2.32. The molecule has 0 saturated carbocycles. The van der Waals surface area contributed by atoms with Crippen molar-refractivity contribution >= 4 is 32.0 Å². The first-order valence-electron chi connectivity index (χ1n) is 2.34. The fourth-order valence-electron chi connectivity index (χ4n) is 0.498. The van der Waals surface area contributed by atoms with E-state index >= 15 is 0 Å². The molecular weight excluding hydrogens is 176 g/mol. The predicted molar refractivity (Wildman–Crippen MR) is 41.3 cm³/mol. The van der Waals surface area contributed by atoms with Crippen molar-refractivity contribution in [2.24, 2.45) is 0 Å². The summed E-state index contributed by atoms with van der Waals surface area (Å²) in [5.74, 6) is 0. The van der Waals surface area contributed by atoms with Crippen molar-refractivity contribution in [1.29, 1.82) is 0 Å². The molecule has 0 aromatic carbocycles. The van der Waals surface area contributed by atoms with E-state index < -0.39 is 10.0 Å². The fraction of sp³-hybridized carbons (Fsp3) is 0.200. The van der Waals surface area contributed by atoms with Gasteiger partial charge in [-0.1, -0.05) is 0 Å². The molecule has 0 bridgehead atoms. The van der Waals surface area contributed by atoms with Gasteiger partial charge in [0.15, 0.2) is 10.0 Å². The van der Waals surface area contributed by atoms with E-state index in [1.54, 1.807) is 6.07 Å². The lowest BCUT2D eigenvalue weighted by atomic mass is 10.5. The molecule has 0 fully saturated rings. The number of rotatable bonds is 1. The molecule has 1 heterocycles. The summed E-state index contributed by atoms with van der Waals surface area (Å²) in [6, 6.07) is 3.68. The van der Waals surface area contributed by atoms with E-state index in [1.165, 1.54) is 11.3 Å². The minimum Gasteiger partial charge on any atom is -0.236 e. The van der Waals surface area contributed by atoms with Crippen LogP contribution in [-0.4, -0.2) is 4.21 Å². The SMILES string of the molecule is Cc1ccc(S(=O)Cl)s1. The van der Waals surface area contributed by atoms with Gasteiger partial charge in [-0.25, -0.2) is 4.21 Å². The highest BCUT2D eigenvalue weighted by Gasteiger charge is 2.00. The highest BCUT2D eigenvalue weighted by molar-refractivity contribution is 8.09. The molecule has 0 amide bonds. The summed E-state index contributed by atoms with van der Waals surface area (Å²) in [5, 5.41) is 0. The van der Waals surface area contributed by atoms with Gasteiger partial charge >= 0.3 is 0 Å². The Morgan fingerprint density at radius 1 is 1.67 bits per heavy atom. The second-order valence-electron chi connectivity index (χ2n) is 1.59. The van der Waals surface area contributed by atoms with Crippen molar-refractivity contribution < 1.29 is 4.21 Å². The first kappa shape index (κ1) is 7.25. The zero-order valence-electron chi connectivity index (χ0n) is 4.76. The van der Waals surface area contributed by atoms with Gasteiger partial charge in [0.25, 0.3) is 0 Å². The van der Waals surface area contributed by atoms with Crippen LogP contribution in [0.3, 0.4) is 0 Å². The molecule has 1 nitrogen and oxygen atoms in total.